The van der Waals surface area contributed by atoms with E-state index in [1.165, 1.54) is 0 Å². The van der Waals surface area contributed by atoms with Gasteiger partial charge in [0.1, 0.15) is 11.8 Å². The van der Waals surface area contributed by atoms with Crippen molar-refractivity contribution in [2.45, 2.75) is 32.7 Å². The number of carbonyl (C=O) groups excluding carboxylic acids is 2. The lowest BCUT2D eigenvalue weighted by Crippen LogP contribution is -2.50. The Kier molecular flexibility index (Phi) is 8.33. The third-order valence-electron chi connectivity index (χ3n) is 4.76. The Morgan fingerprint density at radius 1 is 1.07 bits per heavy atom. The number of hydrogen-bond donors (Lipinski definition) is 2. The van der Waals surface area contributed by atoms with Crippen LogP contribution in [0.15, 0.2) is 48.5 Å². The van der Waals surface area contributed by atoms with E-state index in [9.17, 15) is 9.59 Å². The first-order valence-corrected chi connectivity index (χ1v) is 9.79. The number of carbonyl (C=O) groups is 2. The molecule has 0 aliphatic heterocycles. The van der Waals surface area contributed by atoms with Crippen LogP contribution >= 0.6 is 11.6 Å². The predicted octanol–water partition coefficient (Wildman–Crippen LogP) is 3.85. The van der Waals surface area contributed by atoms with E-state index in [1.54, 1.807) is 31.4 Å². The van der Waals surface area contributed by atoms with Crippen LogP contribution in [0.25, 0.3) is 0 Å². The standard InChI is InChI=1S/C22H27ClN2O3/c1-4-15(2)20(25-21(26)17-7-9-18(23)10-8-17)22(27)24-14-13-16-5-11-19(28-3)12-6-16/h5-12,15,20H,4,13-14H2,1-3H3,(H,24,27)(H,25,26). The molecule has 2 aromatic carbocycles. The number of hydrogen-bond acceptors (Lipinski definition) is 3. The van der Waals surface area contributed by atoms with Crippen LogP contribution in [0.1, 0.15) is 36.2 Å². The summed E-state index contributed by atoms with van der Waals surface area (Å²) in [5.74, 6) is 0.351. The lowest BCUT2D eigenvalue weighted by Gasteiger charge is -2.23. The van der Waals surface area contributed by atoms with E-state index in [-0.39, 0.29) is 17.7 Å². The fourth-order valence-corrected chi connectivity index (χ4v) is 2.89. The Bertz CT molecular complexity index is 775. The lowest BCUT2D eigenvalue weighted by molar-refractivity contribution is -0.124. The average molecular weight is 403 g/mol. The summed E-state index contributed by atoms with van der Waals surface area (Å²) in [6, 6.07) is 13.7. The molecule has 0 saturated heterocycles. The van der Waals surface area contributed by atoms with Gasteiger partial charge in [0.2, 0.25) is 5.91 Å². The van der Waals surface area contributed by atoms with Gasteiger partial charge >= 0.3 is 0 Å². The number of rotatable bonds is 9. The maximum Gasteiger partial charge on any atom is 0.251 e. The highest BCUT2D eigenvalue weighted by molar-refractivity contribution is 6.30. The molecule has 2 amide bonds. The molecule has 0 spiro atoms. The summed E-state index contributed by atoms with van der Waals surface area (Å²) < 4.78 is 5.14. The normalized spacial score (nSPS) is 12.7. The number of nitrogens with one attached hydrogen (secondary N) is 2. The minimum Gasteiger partial charge on any atom is -0.497 e. The molecule has 150 valence electrons. The fraction of sp³-hybridized carbons (Fsp3) is 0.364. The van der Waals surface area contributed by atoms with Crippen LogP contribution in [0.5, 0.6) is 5.75 Å². The molecule has 0 radical (unpaired) electrons. The number of benzene rings is 2. The van der Waals surface area contributed by atoms with E-state index in [4.69, 9.17) is 16.3 Å². The molecule has 2 unspecified atom stereocenters. The molecule has 0 aliphatic carbocycles. The molecule has 2 N–H and O–H groups in total. The van der Waals surface area contributed by atoms with E-state index in [0.717, 1.165) is 17.7 Å². The van der Waals surface area contributed by atoms with Crippen molar-refractivity contribution in [3.8, 4) is 5.75 Å². The van der Waals surface area contributed by atoms with Gasteiger partial charge in [-0.25, -0.2) is 0 Å². The van der Waals surface area contributed by atoms with Crippen LogP contribution in [-0.2, 0) is 11.2 Å². The van der Waals surface area contributed by atoms with E-state index >= 15 is 0 Å². The third kappa shape index (κ3) is 6.27. The van der Waals surface area contributed by atoms with Crippen LogP contribution in [0, 0.1) is 5.92 Å². The molecule has 0 bridgehead atoms. The predicted molar refractivity (Wildman–Crippen MR) is 112 cm³/mol. The van der Waals surface area contributed by atoms with Gasteiger partial charge in [-0.3, -0.25) is 9.59 Å². The summed E-state index contributed by atoms with van der Waals surface area (Å²) in [6.45, 7) is 4.45. The minimum absolute atomic E-state index is 0.0113. The summed E-state index contributed by atoms with van der Waals surface area (Å²) in [4.78, 5) is 25.2. The Balaban J connectivity index is 1.94. The molecule has 5 nitrogen and oxygen atoms in total. The average Bonchev–Trinajstić information content (AvgIpc) is 2.72. The van der Waals surface area contributed by atoms with Crippen molar-refractivity contribution in [1.82, 2.24) is 10.6 Å². The molecule has 2 rings (SSSR count). The molecule has 2 atom stereocenters. The Hall–Kier alpha value is -2.53. The highest BCUT2D eigenvalue weighted by Gasteiger charge is 2.26. The summed E-state index contributed by atoms with van der Waals surface area (Å²) in [5.41, 5.74) is 1.58. The van der Waals surface area contributed by atoms with Crippen LogP contribution in [-0.4, -0.2) is 31.5 Å². The molecular weight excluding hydrogens is 376 g/mol. The van der Waals surface area contributed by atoms with E-state index in [1.807, 2.05) is 38.1 Å². The molecule has 0 saturated carbocycles. The van der Waals surface area contributed by atoms with Crippen molar-refractivity contribution in [3.63, 3.8) is 0 Å². The van der Waals surface area contributed by atoms with Crippen molar-refractivity contribution in [1.29, 1.82) is 0 Å². The molecule has 0 fully saturated rings. The molecule has 0 aliphatic rings. The topological polar surface area (TPSA) is 67.4 Å². The molecule has 0 heterocycles. The third-order valence-corrected chi connectivity index (χ3v) is 5.01. The van der Waals surface area contributed by atoms with Crippen LogP contribution in [0.2, 0.25) is 5.02 Å². The minimum atomic E-state index is -0.593. The van der Waals surface area contributed by atoms with Crippen molar-refractivity contribution < 1.29 is 14.3 Å². The van der Waals surface area contributed by atoms with Crippen molar-refractivity contribution in [2.24, 2.45) is 5.92 Å². The second-order valence-electron chi connectivity index (χ2n) is 6.73. The maximum absolute atomic E-state index is 12.7. The monoisotopic (exact) mass is 402 g/mol. The van der Waals surface area contributed by atoms with Crippen molar-refractivity contribution in [3.05, 3.63) is 64.7 Å². The zero-order valence-electron chi connectivity index (χ0n) is 16.5. The van der Waals surface area contributed by atoms with E-state index in [2.05, 4.69) is 10.6 Å². The van der Waals surface area contributed by atoms with Gasteiger partial charge in [0, 0.05) is 17.1 Å². The van der Waals surface area contributed by atoms with Crippen LogP contribution in [0.3, 0.4) is 0 Å². The summed E-state index contributed by atoms with van der Waals surface area (Å²) >= 11 is 5.87. The Labute approximate surface area is 171 Å². The fourth-order valence-electron chi connectivity index (χ4n) is 2.76. The van der Waals surface area contributed by atoms with E-state index < -0.39 is 6.04 Å². The quantitative estimate of drug-likeness (QED) is 0.669. The smallest absolute Gasteiger partial charge is 0.251 e. The van der Waals surface area contributed by atoms with Gasteiger partial charge < -0.3 is 15.4 Å². The molecule has 6 heteroatoms. The molecule has 2 aromatic rings. The first-order valence-electron chi connectivity index (χ1n) is 9.41. The van der Waals surface area contributed by atoms with Gasteiger partial charge in [-0.05, 0) is 54.3 Å². The Morgan fingerprint density at radius 3 is 2.29 bits per heavy atom. The zero-order chi connectivity index (χ0) is 20.5. The molecular formula is C22H27ClN2O3. The van der Waals surface area contributed by atoms with E-state index in [0.29, 0.717) is 23.6 Å². The number of methoxy groups -OCH3 is 1. The maximum atomic E-state index is 12.7. The van der Waals surface area contributed by atoms with Crippen molar-refractivity contribution in [2.75, 3.05) is 13.7 Å². The number of halogens is 1. The van der Waals surface area contributed by atoms with Crippen LogP contribution < -0.4 is 15.4 Å². The van der Waals surface area contributed by atoms with Gasteiger partial charge in [-0.1, -0.05) is 44.0 Å². The highest BCUT2D eigenvalue weighted by atomic mass is 35.5. The van der Waals surface area contributed by atoms with Crippen molar-refractivity contribution >= 4 is 23.4 Å². The highest BCUT2D eigenvalue weighted by Crippen LogP contribution is 2.13. The van der Waals surface area contributed by atoms with Gasteiger partial charge in [0.25, 0.3) is 5.91 Å². The second kappa shape index (κ2) is 10.7. The summed E-state index contributed by atoms with van der Waals surface area (Å²) in [5, 5.41) is 6.35. The summed E-state index contributed by atoms with van der Waals surface area (Å²) in [6.07, 6.45) is 1.48. The number of ether oxygens (including phenoxy) is 1. The lowest BCUT2D eigenvalue weighted by atomic mass is 9.97. The van der Waals surface area contributed by atoms with Gasteiger partial charge in [-0.2, -0.15) is 0 Å². The van der Waals surface area contributed by atoms with Gasteiger partial charge in [0.15, 0.2) is 0 Å². The second-order valence-corrected chi connectivity index (χ2v) is 7.17. The van der Waals surface area contributed by atoms with Crippen LogP contribution in [0.4, 0.5) is 0 Å². The SMILES string of the molecule is CCC(C)C(NC(=O)c1ccc(Cl)cc1)C(=O)NCCc1ccc(OC)cc1. The largest absolute Gasteiger partial charge is 0.497 e. The first kappa shape index (κ1) is 21.8. The summed E-state index contributed by atoms with van der Waals surface area (Å²) in [7, 11) is 1.63. The first-order chi connectivity index (χ1) is 13.4. The van der Waals surface area contributed by atoms with Gasteiger partial charge in [-0.15, -0.1) is 0 Å². The molecule has 0 aromatic heterocycles. The number of amides is 2. The molecule has 28 heavy (non-hydrogen) atoms. The van der Waals surface area contributed by atoms with Gasteiger partial charge in [0.05, 0.1) is 7.11 Å². The zero-order valence-corrected chi connectivity index (χ0v) is 17.3. The Morgan fingerprint density at radius 2 is 1.71 bits per heavy atom.